The second-order valence-corrected chi connectivity index (χ2v) is 9.39. The van der Waals surface area contributed by atoms with Gasteiger partial charge in [-0.15, -0.1) is 0 Å². The summed E-state index contributed by atoms with van der Waals surface area (Å²) in [5.74, 6) is 3.69. The molecule has 2 aromatic carbocycles. The molecule has 0 atom stereocenters. The fraction of sp³-hybridized carbons (Fsp3) is 0.484. The van der Waals surface area contributed by atoms with Crippen molar-refractivity contribution < 1.29 is 28.4 Å². The standard InChI is InChI=1S/C31H44O6/c1-11-32-25-17-15-23(27(29(25)34-13-3)36-19-21(5)6)31(9,10)24-16-18-26(33-12-2)30(35-14-4)28(24)37-20-22(7)8/h15-18H,5,7,11-14,19-20H2,1-4,6,8-10H3. The van der Waals surface area contributed by atoms with Crippen molar-refractivity contribution in [1.29, 1.82) is 0 Å². The quantitative estimate of drug-likeness (QED) is 0.217. The molecule has 0 unspecified atom stereocenters. The highest BCUT2D eigenvalue weighted by molar-refractivity contribution is 5.64. The van der Waals surface area contributed by atoms with Crippen LogP contribution >= 0.6 is 0 Å². The van der Waals surface area contributed by atoms with E-state index in [1.54, 1.807) is 0 Å². The summed E-state index contributed by atoms with van der Waals surface area (Å²) >= 11 is 0. The Kier molecular flexibility index (Phi) is 11.2. The predicted molar refractivity (Wildman–Crippen MR) is 150 cm³/mol. The summed E-state index contributed by atoms with van der Waals surface area (Å²) in [6.07, 6.45) is 0. The van der Waals surface area contributed by atoms with Gasteiger partial charge in [0, 0.05) is 16.5 Å². The Hall–Kier alpha value is -3.28. The van der Waals surface area contributed by atoms with Crippen LogP contribution in [0.15, 0.2) is 48.6 Å². The van der Waals surface area contributed by atoms with E-state index in [1.165, 1.54) is 0 Å². The fourth-order valence-electron chi connectivity index (χ4n) is 4.00. The summed E-state index contributed by atoms with van der Waals surface area (Å²) in [6.45, 7) is 26.6. The third kappa shape index (κ3) is 7.37. The van der Waals surface area contributed by atoms with Crippen LogP contribution in [-0.2, 0) is 5.41 Å². The topological polar surface area (TPSA) is 55.4 Å². The van der Waals surface area contributed by atoms with E-state index in [0.717, 1.165) is 22.3 Å². The van der Waals surface area contributed by atoms with Gasteiger partial charge in [0.1, 0.15) is 13.2 Å². The molecule has 0 radical (unpaired) electrons. The molecule has 0 bridgehead atoms. The molecule has 6 heteroatoms. The van der Waals surface area contributed by atoms with E-state index in [-0.39, 0.29) is 0 Å². The fourth-order valence-corrected chi connectivity index (χ4v) is 4.00. The lowest BCUT2D eigenvalue weighted by atomic mass is 9.76. The van der Waals surface area contributed by atoms with Crippen LogP contribution in [-0.4, -0.2) is 39.6 Å². The Morgan fingerprint density at radius 1 is 0.568 bits per heavy atom. The van der Waals surface area contributed by atoms with Crippen molar-refractivity contribution in [3.8, 4) is 34.5 Å². The third-order valence-corrected chi connectivity index (χ3v) is 5.60. The summed E-state index contributed by atoms with van der Waals surface area (Å²) in [6, 6.07) is 7.93. The maximum Gasteiger partial charge on any atom is 0.203 e. The Morgan fingerprint density at radius 3 is 1.22 bits per heavy atom. The van der Waals surface area contributed by atoms with E-state index in [1.807, 2.05) is 65.8 Å². The largest absolute Gasteiger partial charge is 0.490 e. The van der Waals surface area contributed by atoms with Crippen LogP contribution in [0.3, 0.4) is 0 Å². The predicted octanol–water partition coefficient (Wildman–Crippen LogP) is 7.52. The lowest BCUT2D eigenvalue weighted by molar-refractivity contribution is 0.256. The van der Waals surface area contributed by atoms with Crippen molar-refractivity contribution in [1.82, 2.24) is 0 Å². The molecule has 2 rings (SSSR count). The normalized spacial score (nSPS) is 11.0. The first-order chi connectivity index (χ1) is 17.6. The van der Waals surface area contributed by atoms with E-state index in [0.29, 0.717) is 74.1 Å². The van der Waals surface area contributed by atoms with Crippen molar-refractivity contribution in [2.75, 3.05) is 39.6 Å². The number of hydrogen-bond donors (Lipinski definition) is 0. The number of rotatable bonds is 16. The lowest BCUT2D eigenvalue weighted by Gasteiger charge is -2.32. The van der Waals surface area contributed by atoms with Gasteiger partial charge in [-0.1, -0.05) is 39.1 Å². The van der Waals surface area contributed by atoms with Gasteiger partial charge in [0.2, 0.25) is 11.5 Å². The van der Waals surface area contributed by atoms with Crippen LogP contribution < -0.4 is 28.4 Å². The van der Waals surface area contributed by atoms with Crippen molar-refractivity contribution in [3.63, 3.8) is 0 Å². The molecule has 204 valence electrons. The Balaban J connectivity index is 2.84. The molecule has 0 amide bonds. The highest BCUT2D eigenvalue weighted by Crippen LogP contribution is 2.52. The Morgan fingerprint density at radius 2 is 0.919 bits per heavy atom. The van der Waals surface area contributed by atoms with Gasteiger partial charge in [0.25, 0.3) is 0 Å². The van der Waals surface area contributed by atoms with E-state index in [2.05, 4.69) is 27.0 Å². The first-order valence-corrected chi connectivity index (χ1v) is 13.0. The molecule has 0 aliphatic heterocycles. The second kappa shape index (κ2) is 13.9. The van der Waals surface area contributed by atoms with Gasteiger partial charge < -0.3 is 28.4 Å². The van der Waals surface area contributed by atoms with Gasteiger partial charge in [-0.05, 0) is 64.8 Å². The van der Waals surface area contributed by atoms with E-state index in [4.69, 9.17) is 28.4 Å². The first-order valence-electron chi connectivity index (χ1n) is 13.0. The van der Waals surface area contributed by atoms with E-state index >= 15 is 0 Å². The molecule has 0 heterocycles. The SMILES string of the molecule is C=C(C)COc1c(C(C)(C)c2ccc(OCC)c(OCC)c2OCC(=C)C)ccc(OCC)c1OCC. The molecule has 37 heavy (non-hydrogen) atoms. The summed E-state index contributed by atoms with van der Waals surface area (Å²) in [4.78, 5) is 0. The zero-order valence-electron chi connectivity index (χ0n) is 23.9. The minimum atomic E-state index is -0.581. The van der Waals surface area contributed by atoms with Crippen LogP contribution in [0, 0.1) is 0 Å². The van der Waals surface area contributed by atoms with Gasteiger partial charge in [0.15, 0.2) is 23.0 Å². The zero-order valence-corrected chi connectivity index (χ0v) is 23.9. The second-order valence-electron chi connectivity index (χ2n) is 9.39. The lowest BCUT2D eigenvalue weighted by Crippen LogP contribution is -2.23. The van der Waals surface area contributed by atoms with Crippen molar-refractivity contribution in [2.45, 2.75) is 60.8 Å². The monoisotopic (exact) mass is 512 g/mol. The molecule has 0 N–H and O–H groups in total. The average molecular weight is 513 g/mol. The molecule has 0 aromatic heterocycles. The molecule has 2 aromatic rings. The summed E-state index contributed by atoms with van der Waals surface area (Å²) in [5, 5.41) is 0. The molecule has 0 aliphatic rings. The van der Waals surface area contributed by atoms with Crippen LogP contribution in [0.1, 0.15) is 66.5 Å². The Bertz CT molecular complexity index is 986. The maximum atomic E-state index is 6.34. The minimum absolute atomic E-state index is 0.352. The van der Waals surface area contributed by atoms with Crippen LogP contribution in [0.4, 0.5) is 0 Å². The number of hydrogen-bond acceptors (Lipinski definition) is 6. The highest BCUT2D eigenvalue weighted by atomic mass is 16.5. The number of benzene rings is 2. The first kappa shape index (κ1) is 29.9. The molecule has 0 aliphatic carbocycles. The molecular weight excluding hydrogens is 468 g/mol. The Labute approximate surface area is 223 Å². The average Bonchev–Trinajstić information content (AvgIpc) is 2.84. The molecule has 0 saturated heterocycles. The maximum absolute atomic E-state index is 6.34. The number of ether oxygens (including phenoxy) is 6. The van der Waals surface area contributed by atoms with Gasteiger partial charge in [-0.25, -0.2) is 0 Å². The van der Waals surface area contributed by atoms with Crippen LogP contribution in [0.5, 0.6) is 34.5 Å². The van der Waals surface area contributed by atoms with Crippen LogP contribution in [0.25, 0.3) is 0 Å². The molecule has 0 fully saturated rings. The van der Waals surface area contributed by atoms with Gasteiger partial charge in [-0.3, -0.25) is 0 Å². The highest BCUT2D eigenvalue weighted by Gasteiger charge is 2.35. The molecule has 6 nitrogen and oxygen atoms in total. The molecule has 0 spiro atoms. The third-order valence-electron chi connectivity index (χ3n) is 5.60. The summed E-state index contributed by atoms with van der Waals surface area (Å²) in [5.41, 5.74) is 3.07. The van der Waals surface area contributed by atoms with Gasteiger partial charge in [-0.2, -0.15) is 0 Å². The summed E-state index contributed by atoms with van der Waals surface area (Å²) < 4.78 is 36.6. The van der Waals surface area contributed by atoms with Gasteiger partial charge in [0.05, 0.1) is 26.4 Å². The minimum Gasteiger partial charge on any atom is -0.490 e. The smallest absolute Gasteiger partial charge is 0.203 e. The zero-order chi connectivity index (χ0) is 27.6. The molecule has 0 saturated carbocycles. The van der Waals surface area contributed by atoms with Crippen molar-refractivity contribution >= 4 is 0 Å². The van der Waals surface area contributed by atoms with Gasteiger partial charge >= 0.3 is 0 Å². The van der Waals surface area contributed by atoms with E-state index < -0.39 is 5.41 Å². The van der Waals surface area contributed by atoms with Crippen molar-refractivity contribution in [2.24, 2.45) is 0 Å². The summed E-state index contributed by atoms with van der Waals surface area (Å²) in [7, 11) is 0. The van der Waals surface area contributed by atoms with Crippen molar-refractivity contribution in [3.05, 3.63) is 59.7 Å². The molecular formula is C31H44O6. The van der Waals surface area contributed by atoms with Crippen LogP contribution in [0.2, 0.25) is 0 Å². The van der Waals surface area contributed by atoms with E-state index in [9.17, 15) is 0 Å².